The average Bonchev–Trinajstić information content (AvgIpc) is 2.18. The quantitative estimate of drug-likeness (QED) is 0.649. The van der Waals surface area contributed by atoms with Crippen molar-refractivity contribution in [2.45, 2.75) is 45.3 Å². The number of methoxy groups -OCH3 is 2. The van der Waals surface area contributed by atoms with Crippen LogP contribution in [0.4, 0.5) is 0 Å². The van der Waals surface area contributed by atoms with Gasteiger partial charge in [-0.25, -0.2) is 0 Å². The molecule has 0 saturated carbocycles. The predicted octanol–water partition coefficient (Wildman–Crippen LogP) is 2.78. The molecule has 0 aromatic carbocycles. The Morgan fingerprint density at radius 3 is 2.50 bits per heavy atom. The number of rotatable bonds is 3. The molecule has 0 unspecified atom stereocenters. The second kappa shape index (κ2) is 4.45. The minimum absolute atomic E-state index is 0.0476. The van der Waals surface area contributed by atoms with Crippen molar-refractivity contribution in [1.29, 1.82) is 0 Å². The van der Waals surface area contributed by atoms with Gasteiger partial charge in [0.15, 0.2) is 0 Å². The van der Waals surface area contributed by atoms with Crippen LogP contribution >= 0.6 is 0 Å². The first-order valence-corrected chi connectivity index (χ1v) is 5.26. The monoisotopic (exact) mass is 198 g/mol. The molecule has 14 heavy (non-hydrogen) atoms. The van der Waals surface area contributed by atoms with Crippen molar-refractivity contribution in [2.24, 2.45) is 5.92 Å². The van der Waals surface area contributed by atoms with Gasteiger partial charge in [-0.15, -0.1) is 0 Å². The van der Waals surface area contributed by atoms with E-state index in [2.05, 4.69) is 26.8 Å². The zero-order valence-corrected chi connectivity index (χ0v) is 9.96. The summed E-state index contributed by atoms with van der Waals surface area (Å²) in [5.41, 5.74) is 1.31. The first-order valence-electron chi connectivity index (χ1n) is 5.26. The van der Waals surface area contributed by atoms with E-state index < -0.39 is 0 Å². The van der Waals surface area contributed by atoms with Crippen LogP contribution in [0, 0.1) is 5.92 Å². The Labute approximate surface area is 87.3 Å². The molecule has 0 spiro atoms. The zero-order chi connectivity index (χ0) is 10.8. The number of hydrogen-bond acceptors (Lipinski definition) is 2. The fourth-order valence-corrected chi connectivity index (χ4v) is 2.02. The lowest BCUT2D eigenvalue weighted by Crippen LogP contribution is -2.38. The third kappa shape index (κ3) is 2.37. The van der Waals surface area contributed by atoms with Gasteiger partial charge in [0.25, 0.3) is 0 Å². The standard InChI is InChI=1S/C12H22O2/c1-9-6-7-10(8-11(9)13-4)12(2,3)14-5/h6,10-11H,7-8H2,1-5H3/t10-,11+/m1/s1. The molecule has 0 bridgehead atoms. The summed E-state index contributed by atoms with van der Waals surface area (Å²) in [6.45, 7) is 6.45. The van der Waals surface area contributed by atoms with Crippen LogP contribution in [0.1, 0.15) is 33.6 Å². The first kappa shape index (κ1) is 11.7. The van der Waals surface area contributed by atoms with Gasteiger partial charge in [-0.05, 0) is 45.1 Å². The molecule has 1 aliphatic rings. The van der Waals surface area contributed by atoms with Crippen LogP contribution in [0.5, 0.6) is 0 Å². The minimum Gasteiger partial charge on any atom is -0.379 e. The Bertz CT molecular complexity index is 218. The second-order valence-electron chi connectivity index (χ2n) is 4.65. The lowest BCUT2D eigenvalue weighted by atomic mass is 9.78. The fourth-order valence-electron chi connectivity index (χ4n) is 2.02. The maximum atomic E-state index is 5.52. The molecular formula is C12H22O2. The van der Waals surface area contributed by atoms with Crippen molar-refractivity contribution in [1.82, 2.24) is 0 Å². The molecule has 2 nitrogen and oxygen atoms in total. The van der Waals surface area contributed by atoms with Crippen LogP contribution in [-0.4, -0.2) is 25.9 Å². The normalized spacial score (nSPS) is 28.8. The molecule has 1 rings (SSSR count). The summed E-state index contributed by atoms with van der Waals surface area (Å²) in [5.74, 6) is 0.557. The third-order valence-corrected chi connectivity index (χ3v) is 3.52. The van der Waals surface area contributed by atoms with E-state index in [0.29, 0.717) is 5.92 Å². The third-order valence-electron chi connectivity index (χ3n) is 3.52. The van der Waals surface area contributed by atoms with Gasteiger partial charge < -0.3 is 9.47 Å². The van der Waals surface area contributed by atoms with E-state index in [1.165, 1.54) is 5.57 Å². The largest absolute Gasteiger partial charge is 0.379 e. The van der Waals surface area contributed by atoms with E-state index in [4.69, 9.17) is 9.47 Å². The van der Waals surface area contributed by atoms with Gasteiger partial charge >= 0.3 is 0 Å². The molecule has 0 N–H and O–H groups in total. The highest BCUT2D eigenvalue weighted by atomic mass is 16.5. The predicted molar refractivity (Wildman–Crippen MR) is 58.4 cm³/mol. The van der Waals surface area contributed by atoms with E-state index in [-0.39, 0.29) is 11.7 Å². The van der Waals surface area contributed by atoms with Crippen LogP contribution in [-0.2, 0) is 9.47 Å². The summed E-state index contributed by atoms with van der Waals surface area (Å²) in [4.78, 5) is 0. The fraction of sp³-hybridized carbons (Fsp3) is 0.833. The van der Waals surface area contributed by atoms with Gasteiger partial charge in [0, 0.05) is 14.2 Å². The molecule has 0 aromatic heterocycles. The summed E-state index contributed by atoms with van der Waals surface area (Å²) in [5, 5.41) is 0. The topological polar surface area (TPSA) is 18.5 Å². The van der Waals surface area contributed by atoms with Gasteiger partial charge in [0.1, 0.15) is 0 Å². The SMILES string of the molecule is CO[C@H]1C[C@H](C(C)(C)OC)CC=C1C. The van der Waals surface area contributed by atoms with E-state index >= 15 is 0 Å². The summed E-state index contributed by atoms with van der Waals surface area (Å²) >= 11 is 0. The maximum absolute atomic E-state index is 5.52. The molecule has 82 valence electrons. The Morgan fingerprint density at radius 1 is 1.36 bits per heavy atom. The van der Waals surface area contributed by atoms with E-state index in [0.717, 1.165) is 12.8 Å². The lowest BCUT2D eigenvalue weighted by Gasteiger charge is -2.37. The van der Waals surface area contributed by atoms with Crippen LogP contribution in [0.15, 0.2) is 11.6 Å². The second-order valence-corrected chi connectivity index (χ2v) is 4.65. The van der Waals surface area contributed by atoms with E-state index in [9.17, 15) is 0 Å². The van der Waals surface area contributed by atoms with Crippen molar-refractivity contribution < 1.29 is 9.47 Å². The number of allylic oxidation sites excluding steroid dienone is 1. The average molecular weight is 198 g/mol. The van der Waals surface area contributed by atoms with Gasteiger partial charge in [0.2, 0.25) is 0 Å². The Balaban J connectivity index is 2.70. The summed E-state index contributed by atoms with van der Waals surface area (Å²) in [7, 11) is 3.57. The highest BCUT2D eigenvalue weighted by molar-refractivity contribution is 5.11. The molecule has 0 aliphatic heterocycles. The molecule has 1 aliphatic carbocycles. The maximum Gasteiger partial charge on any atom is 0.0782 e. The zero-order valence-electron chi connectivity index (χ0n) is 9.96. The molecule has 2 atom stereocenters. The Morgan fingerprint density at radius 2 is 2.00 bits per heavy atom. The van der Waals surface area contributed by atoms with Crippen molar-refractivity contribution >= 4 is 0 Å². The van der Waals surface area contributed by atoms with Gasteiger partial charge in [-0.2, -0.15) is 0 Å². The lowest BCUT2D eigenvalue weighted by molar-refractivity contribution is -0.0470. The van der Waals surface area contributed by atoms with Gasteiger partial charge in [0.05, 0.1) is 11.7 Å². The Hall–Kier alpha value is -0.340. The summed E-state index contributed by atoms with van der Waals surface area (Å²) in [6, 6.07) is 0. The highest BCUT2D eigenvalue weighted by Gasteiger charge is 2.33. The van der Waals surface area contributed by atoms with E-state index in [1.54, 1.807) is 14.2 Å². The van der Waals surface area contributed by atoms with Crippen LogP contribution < -0.4 is 0 Å². The molecule has 0 radical (unpaired) electrons. The first-order chi connectivity index (χ1) is 6.51. The molecule has 0 aromatic rings. The van der Waals surface area contributed by atoms with Crippen molar-refractivity contribution in [3.05, 3.63) is 11.6 Å². The minimum atomic E-state index is -0.0476. The van der Waals surface area contributed by atoms with Crippen molar-refractivity contribution in [3.8, 4) is 0 Å². The van der Waals surface area contributed by atoms with E-state index in [1.807, 2.05) is 0 Å². The highest BCUT2D eigenvalue weighted by Crippen LogP contribution is 2.34. The molecule has 0 heterocycles. The van der Waals surface area contributed by atoms with Gasteiger partial charge in [-0.3, -0.25) is 0 Å². The Kier molecular flexibility index (Phi) is 3.73. The van der Waals surface area contributed by atoms with Crippen LogP contribution in [0.25, 0.3) is 0 Å². The van der Waals surface area contributed by atoms with Crippen LogP contribution in [0.3, 0.4) is 0 Å². The van der Waals surface area contributed by atoms with Crippen LogP contribution in [0.2, 0.25) is 0 Å². The number of hydrogen-bond donors (Lipinski definition) is 0. The number of ether oxygens (including phenoxy) is 2. The molecule has 0 amide bonds. The molecular weight excluding hydrogens is 176 g/mol. The van der Waals surface area contributed by atoms with Crippen molar-refractivity contribution in [3.63, 3.8) is 0 Å². The molecule has 2 heteroatoms. The summed E-state index contributed by atoms with van der Waals surface area (Å²) in [6.07, 6.45) is 4.73. The summed E-state index contributed by atoms with van der Waals surface area (Å²) < 4.78 is 11.0. The molecule has 0 saturated heterocycles. The van der Waals surface area contributed by atoms with Crippen molar-refractivity contribution in [2.75, 3.05) is 14.2 Å². The smallest absolute Gasteiger partial charge is 0.0782 e. The molecule has 0 fully saturated rings. The van der Waals surface area contributed by atoms with Gasteiger partial charge in [-0.1, -0.05) is 6.08 Å².